The van der Waals surface area contributed by atoms with Crippen LogP contribution in [-0.2, 0) is 13.1 Å². The normalized spacial score (nSPS) is 13.0. The maximum absolute atomic E-state index is 14.6. The number of para-hydroxylation sites is 2. The number of urea groups is 2. The molecule has 5 amide bonds. The van der Waals surface area contributed by atoms with Gasteiger partial charge in [-0.3, -0.25) is 4.79 Å². The number of nitrogens with one attached hydrogen (secondary N) is 3. The van der Waals surface area contributed by atoms with E-state index < -0.39 is 52.7 Å². The van der Waals surface area contributed by atoms with E-state index >= 15 is 0 Å². The van der Waals surface area contributed by atoms with Crippen LogP contribution in [0.1, 0.15) is 43.0 Å². The first-order chi connectivity index (χ1) is 30.2. The molecule has 6 aromatic rings. The monoisotopic (exact) mass is 897 g/mol. The molecule has 20 heteroatoms. The van der Waals surface area contributed by atoms with Crippen LogP contribution in [0.4, 0.5) is 50.2 Å². The number of fused-ring (bicyclic) bond motifs is 2. The lowest BCUT2D eigenvalue weighted by Gasteiger charge is -2.30. The van der Waals surface area contributed by atoms with Crippen molar-refractivity contribution in [3.05, 3.63) is 129 Å². The summed E-state index contributed by atoms with van der Waals surface area (Å²) in [7, 11) is 1.54. The number of anilines is 4. The van der Waals surface area contributed by atoms with Crippen LogP contribution in [0.3, 0.4) is 0 Å². The summed E-state index contributed by atoms with van der Waals surface area (Å²) in [4.78, 5) is 68.7. The molecular formula is C43H35F4N9O5S2. The largest absolute Gasteiger partial charge is 0.478 e. The SMILES string of the molecule is CNC(=O)c1ccc(C)c(-c2nc(SC)nc3c2CNC(=O)N3c2c(F)cccc2F)c1.CSc1nc(-c2cc(C(=O)O)ccc2C)c2c(n1)N(c1c(F)cccc1F)C(=O)NC2. The van der Waals surface area contributed by atoms with Crippen molar-refractivity contribution in [3.63, 3.8) is 0 Å². The fraction of sp³-hybridized carbons (Fsp3) is 0.163. The summed E-state index contributed by atoms with van der Waals surface area (Å²) in [5.74, 6) is -4.84. The number of benzene rings is 4. The minimum Gasteiger partial charge on any atom is -0.478 e. The Kier molecular flexibility index (Phi) is 12.7. The number of carboxylic acid groups (broad SMARTS) is 1. The van der Waals surface area contributed by atoms with Gasteiger partial charge in [0.1, 0.15) is 34.6 Å². The Morgan fingerprint density at radius 1 is 0.651 bits per heavy atom. The molecule has 8 rings (SSSR count). The average Bonchev–Trinajstić information content (AvgIpc) is 3.27. The summed E-state index contributed by atoms with van der Waals surface area (Å²) in [5, 5.41) is 17.8. The van der Waals surface area contributed by atoms with E-state index in [9.17, 15) is 41.8 Å². The molecule has 0 fully saturated rings. The molecule has 4 aromatic carbocycles. The molecular weight excluding hydrogens is 863 g/mol. The lowest BCUT2D eigenvalue weighted by Crippen LogP contribution is -2.43. The number of carboxylic acids is 1. The summed E-state index contributed by atoms with van der Waals surface area (Å²) in [6.07, 6.45) is 3.49. The zero-order valence-electron chi connectivity index (χ0n) is 33.9. The first kappa shape index (κ1) is 44.0. The van der Waals surface area contributed by atoms with Gasteiger partial charge in [-0.2, -0.15) is 0 Å². The van der Waals surface area contributed by atoms with Crippen molar-refractivity contribution in [1.82, 2.24) is 35.9 Å². The zero-order chi connectivity index (χ0) is 45.3. The molecule has 0 radical (unpaired) electrons. The predicted octanol–water partition coefficient (Wildman–Crippen LogP) is 8.68. The molecule has 0 saturated carbocycles. The molecule has 14 nitrogen and oxygen atoms in total. The molecule has 322 valence electrons. The number of carbonyl (C=O) groups is 4. The van der Waals surface area contributed by atoms with Gasteiger partial charge >= 0.3 is 18.0 Å². The molecule has 0 aliphatic carbocycles. The maximum atomic E-state index is 14.6. The molecule has 63 heavy (non-hydrogen) atoms. The number of thioether (sulfide) groups is 2. The summed E-state index contributed by atoms with van der Waals surface area (Å²) < 4.78 is 58.3. The van der Waals surface area contributed by atoms with Gasteiger partial charge in [-0.1, -0.05) is 47.8 Å². The molecule has 0 bridgehead atoms. The summed E-state index contributed by atoms with van der Waals surface area (Å²) in [5.41, 5.74) is 3.98. The predicted molar refractivity (Wildman–Crippen MR) is 230 cm³/mol. The Labute approximate surface area is 365 Å². The Bertz CT molecular complexity index is 2830. The first-order valence-electron chi connectivity index (χ1n) is 18.8. The Hall–Kier alpha value is -7.06. The molecule has 4 heterocycles. The van der Waals surface area contributed by atoms with E-state index in [0.717, 1.165) is 45.2 Å². The van der Waals surface area contributed by atoms with E-state index in [1.807, 2.05) is 6.92 Å². The van der Waals surface area contributed by atoms with Crippen molar-refractivity contribution in [2.24, 2.45) is 0 Å². The molecule has 2 aliphatic rings. The first-order valence-corrected chi connectivity index (χ1v) is 21.2. The van der Waals surface area contributed by atoms with Crippen molar-refractivity contribution in [1.29, 1.82) is 0 Å². The molecule has 0 saturated heterocycles. The highest BCUT2D eigenvalue weighted by Crippen LogP contribution is 2.41. The van der Waals surface area contributed by atoms with Crippen molar-refractivity contribution >= 4 is 70.5 Å². The van der Waals surface area contributed by atoms with Gasteiger partial charge in [0, 0.05) is 34.9 Å². The number of hydrogen-bond donors (Lipinski definition) is 4. The van der Waals surface area contributed by atoms with E-state index in [0.29, 0.717) is 44.4 Å². The number of halogens is 4. The summed E-state index contributed by atoms with van der Waals surface area (Å²) >= 11 is 2.42. The fourth-order valence-corrected chi connectivity index (χ4v) is 7.62. The Morgan fingerprint density at radius 2 is 1.05 bits per heavy atom. The number of nitrogens with zero attached hydrogens (tertiary/aromatic N) is 6. The van der Waals surface area contributed by atoms with E-state index in [4.69, 9.17) is 0 Å². The second kappa shape index (κ2) is 18.1. The third-order valence-corrected chi connectivity index (χ3v) is 11.1. The van der Waals surface area contributed by atoms with Crippen LogP contribution in [-0.4, -0.2) is 68.5 Å². The lowest BCUT2D eigenvalue weighted by atomic mass is 9.97. The topological polar surface area (TPSA) is 183 Å². The van der Waals surface area contributed by atoms with E-state index in [1.54, 1.807) is 43.7 Å². The number of hydrogen-bond acceptors (Lipinski definition) is 10. The zero-order valence-corrected chi connectivity index (χ0v) is 35.6. The standard InChI is InChI=1S/C22H19F2N5O2S.C21H16F2N4O3S/c1-11-7-8-12(20(30)25-2)9-13(11)17-14-10-26-22(31)29(19(14)28-21(27-17)32-3)18-15(23)5-4-6-16(18)24;1-10-6-7-11(19(28)29)8-12(10)16-13-9-24-21(30)27(18(13)26-20(25-16)31-2)17-14(22)4-3-5-15(17)23/h4-9H,10H2,1-3H3,(H,25,30)(H,26,31);3-8H,9H2,1-2H3,(H,24,30)(H,28,29). The van der Waals surface area contributed by atoms with Crippen molar-refractivity contribution in [3.8, 4) is 22.5 Å². The highest BCUT2D eigenvalue weighted by Gasteiger charge is 2.36. The van der Waals surface area contributed by atoms with E-state index in [2.05, 4.69) is 35.9 Å². The molecule has 0 spiro atoms. The summed E-state index contributed by atoms with van der Waals surface area (Å²) in [6.45, 7) is 3.74. The Morgan fingerprint density at radius 3 is 1.43 bits per heavy atom. The van der Waals surface area contributed by atoms with Crippen LogP contribution in [0.15, 0.2) is 83.1 Å². The van der Waals surface area contributed by atoms with Crippen LogP contribution < -0.4 is 25.8 Å². The van der Waals surface area contributed by atoms with Gasteiger partial charge in [0.2, 0.25) is 0 Å². The van der Waals surface area contributed by atoms with Gasteiger partial charge in [-0.25, -0.2) is 61.7 Å². The third kappa shape index (κ3) is 8.46. The van der Waals surface area contributed by atoms with Gasteiger partial charge in [-0.05, 0) is 86.0 Å². The second-order valence-electron chi connectivity index (χ2n) is 13.8. The number of rotatable bonds is 8. The molecule has 2 aliphatic heterocycles. The summed E-state index contributed by atoms with van der Waals surface area (Å²) in [6, 6.07) is 15.1. The van der Waals surface area contributed by atoms with Crippen LogP contribution in [0.5, 0.6) is 0 Å². The van der Waals surface area contributed by atoms with Crippen LogP contribution in [0.25, 0.3) is 22.5 Å². The van der Waals surface area contributed by atoms with Gasteiger partial charge in [-0.15, -0.1) is 0 Å². The molecule has 4 N–H and O–H groups in total. The van der Waals surface area contributed by atoms with Crippen LogP contribution in [0.2, 0.25) is 0 Å². The molecule has 0 atom stereocenters. The maximum Gasteiger partial charge on any atom is 0.335 e. The van der Waals surface area contributed by atoms with Gasteiger partial charge in [0.05, 0.1) is 30.0 Å². The van der Waals surface area contributed by atoms with Gasteiger partial charge in [0.25, 0.3) is 5.91 Å². The van der Waals surface area contributed by atoms with E-state index in [1.165, 1.54) is 54.8 Å². The number of aromatic carboxylic acids is 1. The number of carbonyl (C=O) groups excluding carboxylic acids is 3. The number of aryl methyl sites for hydroxylation is 2. The second-order valence-corrected chi connectivity index (χ2v) is 15.3. The lowest BCUT2D eigenvalue weighted by molar-refractivity contribution is 0.0696. The highest BCUT2D eigenvalue weighted by atomic mass is 32.2. The third-order valence-electron chi connectivity index (χ3n) is 10.0. The van der Waals surface area contributed by atoms with Crippen LogP contribution >= 0.6 is 23.5 Å². The molecule has 2 aromatic heterocycles. The molecule has 0 unspecified atom stereocenters. The smallest absolute Gasteiger partial charge is 0.335 e. The minimum atomic E-state index is -1.10. The fourth-order valence-electron chi connectivity index (χ4n) is 6.90. The van der Waals surface area contributed by atoms with Gasteiger partial charge < -0.3 is 21.1 Å². The number of amides is 5. The Balaban J connectivity index is 0.000000189. The number of aromatic nitrogens is 4. The van der Waals surface area contributed by atoms with Crippen LogP contribution in [0, 0.1) is 37.1 Å². The quantitative estimate of drug-likeness (QED) is 0.0652. The van der Waals surface area contributed by atoms with Gasteiger partial charge in [0.15, 0.2) is 21.9 Å². The highest BCUT2D eigenvalue weighted by molar-refractivity contribution is 7.98. The van der Waals surface area contributed by atoms with Crippen molar-refractivity contribution in [2.45, 2.75) is 37.2 Å². The minimum absolute atomic E-state index is 0.0153. The van der Waals surface area contributed by atoms with Crippen molar-refractivity contribution < 1.29 is 41.8 Å². The average molecular weight is 898 g/mol. The van der Waals surface area contributed by atoms with Crippen molar-refractivity contribution in [2.75, 3.05) is 29.4 Å². The van der Waals surface area contributed by atoms with E-state index in [-0.39, 0.29) is 41.4 Å².